The number of benzene rings is 1. The molecule has 158 valence electrons. The van der Waals surface area contributed by atoms with Gasteiger partial charge in [-0.15, -0.1) is 0 Å². The number of rotatable bonds is 7. The third-order valence-corrected chi connectivity index (χ3v) is 7.39. The van der Waals surface area contributed by atoms with Gasteiger partial charge in [0.25, 0.3) is 5.91 Å². The van der Waals surface area contributed by atoms with Gasteiger partial charge < -0.3 is 15.4 Å². The number of hydrogen-bond acceptors (Lipinski definition) is 3. The summed E-state index contributed by atoms with van der Waals surface area (Å²) >= 11 is 0. The maximum absolute atomic E-state index is 13.0. The topological polar surface area (TPSA) is 67.4 Å². The Bertz CT molecular complexity index is 721. The van der Waals surface area contributed by atoms with Gasteiger partial charge in [0.05, 0.1) is 7.11 Å². The molecule has 0 spiro atoms. The quantitative estimate of drug-likeness (QED) is 0.734. The standard InChI is InChI=1S/C24H34N2O3/c1-15(2)21(26-22(27)19-4-6-20(29-3)7-5-19)23(28)25-14-24-11-16-8-17(12-24)10-18(9-16)13-24/h4-7,15-18,21H,8-14H2,1-3H3,(H,25,28)(H,26,27)/t16?,17?,18?,21-,24?/m1/s1. The Morgan fingerprint density at radius 3 is 2.07 bits per heavy atom. The van der Waals surface area contributed by atoms with E-state index in [0.717, 1.165) is 24.3 Å². The lowest BCUT2D eigenvalue weighted by molar-refractivity contribution is -0.126. The molecule has 2 N–H and O–H groups in total. The highest BCUT2D eigenvalue weighted by molar-refractivity contribution is 5.97. The Balaban J connectivity index is 1.37. The molecule has 2 amide bonds. The van der Waals surface area contributed by atoms with Gasteiger partial charge in [0.15, 0.2) is 0 Å². The molecule has 4 saturated carbocycles. The highest BCUT2D eigenvalue weighted by Gasteiger charge is 2.50. The molecule has 0 radical (unpaired) electrons. The van der Waals surface area contributed by atoms with Crippen LogP contribution in [0.4, 0.5) is 0 Å². The number of carbonyl (C=O) groups excluding carboxylic acids is 2. The first-order valence-corrected chi connectivity index (χ1v) is 11.1. The minimum absolute atomic E-state index is 0.0218. The number of hydrogen-bond donors (Lipinski definition) is 2. The van der Waals surface area contributed by atoms with Gasteiger partial charge in [-0.3, -0.25) is 9.59 Å². The zero-order chi connectivity index (χ0) is 20.6. The van der Waals surface area contributed by atoms with Crippen molar-refractivity contribution in [2.75, 3.05) is 13.7 Å². The number of nitrogens with one attached hydrogen (secondary N) is 2. The first-order chi connectivity index (χ1) is 13.9. The Hall–Kier alpha value is -2.04. The molecule has 0 unspecified atom stereocenters. The molecule has 4 fully saturated rings. The van der Waals surface area contributed by atoms with Crippen molar-refractivity contribution in [1.82, 2.24) is 10.6 Å². The van der Waals surface area contributed by atoms with Crippen LogP contribution in [0.1, 0.15) is 62.7 Å². The molecule has 5 heteroatoms. The lowest BCUT2D eigenvalue weighted by atomic mass is 9.49. The molecule has 29 heavy (non-hydrogen) atoms. The van der Waals surface area contributed by atoms with Crippen molar-refractivity contribution in [3.63, 3.8) is 0 Å². The van der Waals surface area contributed by atoms with Crippen LogP contribution in [0.5, 0.6) is 5.75 Å². The summed E-state index contributed by atoms with van der Waals surface area (Å²) in [5, 5.41) is 6.16. The molecule has 0 aliphatic heterocycles. The SMILES string of the molecule is COc1ccc(C(=O)N[C@@H](C(=O)NCC23CC4CC(CC(C4)C2)C3)C(C)C)cc1. The summed E-state index contributed by atoms with van der Waals surface area (Å²) in [7, 11) is 1.60. The molecule has 4 aliphatic rings. The van der Waals surface area contributed by atoms with Crippen LogP contribution >= 0.6 is 0 Å². The Morgan fingerprint density at radius 1 is 1.03 bits per heavy atom. The largest absolute Gasteiger partial charge is 0.497 e. The third-order valence-electron chi connectivity index (χ3n) is 7.39. The van der Waals surface area contributed by atoms with Crippen molar-refractivity contribution in [1.29, 1.82) is 0 Å². The van der Waals surface area contributed by atoms with E-state index in [2.05, 4.69) is 10.6 Å². The van der Waals surface area contributed by atoms with Gasteiger partial charge in [-0.05, 0) is 91.9 Å². The van der Waals surface area contributed by atoms with E-state index in [4.69, 9.17) is 4.74 Å². The van der Waals surface area contributed by atoms with Crippen LogP contribution in [0.15, 0.2) is 24.3 Å². The second-order valence-corrected chi connectivity index (χ2v) is 10.1. The minimum Gasteiger partial charge on any atom is -0.497 e. The van der Waals surface area contributed by atoms with Crippen LogP contribution in [-0.2, 0) is 4.79 Å². The molecule has 1 aromatic rings. The monoisotopic (exact) mass is 398 g/mol. The van der Waals surface area contributed by atoms with Gasteiger partial charge in [0.1, 0.15) is 11.8 Å². The molecular formula is C24H34N2O3. The summed E-state index contributed by atoms with van der Waals surface area (Å²) in [6, 6.07) is 6.43. The fourth-order valence-electron chi connectivity index (χ4n) is 6.39. The fourth-order valence-corrected chi connectivity index (χ4v) is 6.39. The van der Waals surface area contributed by atoms with E-state index in [1.165, 1.54) is 38.5 Å². The van der Waals surface area contributed by atoms with Crippen molar-refractivity contribution in [3.8, 4) is 5.75 Å². The van der Waals surface area contributed by atoms with Crippen molar-refractivity contribution in [2.45, 2.75) is 58.4 Å². The van der Waals surface area contributed by atoms with Crippen molar-refractivity contribution in [3.05, 3.63) is 29.8 Å². The van der Waals surface area contributed by atoms with Crippen LogP contribution in [0, 0.1) is 29.1 Å². The zero-order valence-corrected chi connectivity index (χ0v) is 17.9. The van der Waals surface area contributed by atoms with E-state index in [-0.39, 0.29) is 17.7 Å². The van der Waals surface area contributed by atoms with Crippen molar-refractivity contribution >= 4 is 11.8 Å². The number of ether oxygens (including phenoxy) is 1. The molecule has 4 aliphatic carbocycles. The minimum atomic E-state index is -0.529. The predicted octanol–water partition coefficient (Wildman–Crippen LogP) is 3.78. The Kier molecular flexibility index (Phi) is 5.58. The molecular weight excluding hydrogens is 364 g/mol. The van der Waals surface area contributed by atoms with E-state index in [1.807, 2.05) is 13.8 Å². The van der Waals surface area contributed by atoms with Gasteiger partial charge in [0.2, 0.25) is 5.91 Å². The van der Waals surface area contributed by atoms with E-state index < -0.39 is 6.04 Å². The molecule has 1 atom stereocenters. The van der Waals surface area contributed by atoms with Crippen molar-refractivity contribution < 1.29 is 14.3 Å². The second-order valence-electron chi connectivity index (χ2n) is 10.1. The van der Waals surface area contributed by atoms with Gasteiger partial charge >= 0.3 is 0 Å². The molecule has 1 aromatic carbocycles. The summed E-state index contributed by atoms with van der Waals surface area (Å²) in [6.45, 7) is 4.71. The third kappa shape index (κ3) is 4.29. The summed E-state index contributed by atoms with van der Waals surface area (Å²) in [5.74, 6) is 3.05. The first-order valence-electron chi connectivity index (χ1n) is 11.1. The van der Waals surface area contributed by atoms with E-state index in [1.54, 1.807) is 31.4 Å². The summed E-state index contributed by atoms with van der Waals surface area (Å²) in [4.78, 5) is 25.7. The maximum atomic E-state index is 13.0. The maximum Gasteiger partial charge on any atom is 0.251 e. The van der Waals surface area contributed by atoms with Crippen LogP contribution in [-0.4, -0.2) is 31.5 Å². The molecule has 0 saturated heterocycles. The summed E-state index contributed by atoms with van der Waals surface area (Å²) in [6.07, 6.45) is 8.01. The molecule has 0 heterocycles. The number of methoxy groups -OCH3 is 1. The molecule has 4 bridgehead atoms. The molecule has 0 aromatic heterocycles. The van der Waals surface area contributed by atoms with Crippen LogP contribution in [0.2, 0.25) is 0 Å². The smallest absolute Gasteiger partial charge is 0.251 e. The van der Waals surface area contributed by atoms with Crippen LogP contribution in [0.25, 0.3) is 0 Å². The number of carbonyl (C=O) groups is 2. The van der Waals surface area contributed by atoms with Gasteiger partial charge in [-0.1, -0.05) is 13.8 Å². The van der Waals surface area contributed by atoms with Crippen LogP contribution in [0.3, 0.4) is 0 Å². The van der Waals surface area contributed by atoms with Gasteiger partial charge in [-0.25, -0.2) is 0 Å². The summed E-state index contributed by atoms with van der Waals surface area (Å²) < 4.78 is 5.14. The van der Waals surface area contributed by atoms with Gasteiger partial charge in [-0.2, -0.15) is 0 Å². The highest BCUT2D eigenvalue weighted by Crippen LogP contribution is 2.59. The summed E-state index contributed by atoms with van der Waals surface area (Å²) in [5.41, 5.74) is 0.830. The predicted molar refractivity (Wildman–Crippen MR) is 113 cm³/mol. The number of amides is 2. The van der Waals surface area contributed by atoms with Gasteiger partial charge in [0, 0.05) is 12.1 Å². The van der Waals surface area contributed by atoms with E-state index in [0.29, 0.717) is 16.7 Å². The van der Waals surface area contributed by atoms with E-state index in [9.17, 15) is 9.59 Å². The zero-order valence-electron chi connectivity index (χ0n) is 17.9. The average molecular weight is 399 g/mol. The Labute approximate surface area is 174 Å². The molecule has 5 rings (SSSR count). The average Bonchev–Trinajstić information content (AvgIpc) is 2.69. The van der Waals surface area contributed by atoms with E-state index >= 15 is 0 Å². The van der Waals surface area contributed by atoms with Crippen molar-refractivity contribution in [2.24, 2.45) is 29.1 Å². The highest BCUT2D eigenvalue weighted by atomic mass is 16.5. The lowest BCUT2D eigenvalue weighted by Crippen LogP contribution is -2.55. The van der Waals surface area contributed by atoms with Crippen LogP contribution < -0.4 is 15.4 Å². The molecule has 5 nitrogen and oxygen atoms in total. The fraction of sp³-hybridized carbons (Fsp3) is 0.667. The normalized spacial score (nSPS) is 30.8. The Morgan fingerprint density at radius 2 is 1.59 bits per heavy atom. The second kappa shape index (κ2) is 8.00. The lowest BCUT2D eigenvalue weighted by Gasteiger charge is -2.57. The first kappa shape index (κ1) is 20.2.